The Balaban J connectivity index is 1.35. The molecule has 0 saturated carbocycles. The van der Waals surface area contributed by atoms with Gasteiger partial charge >= 0.3 is 6.03 Å². The number of carbonyl (C=O) groups excluding carboxylic acids is 1. The van der Waals surface area contributed by atoms with E-state index in [-0.39, 0.29) is 11.4 Å². The second kappa shape index (κ2) is 14.4. The van der Waals surface area contributed by atoms with Gasteiger partial charge in [0.25, 0.3) is 0 Å². The van der Waals surface area contributed by atoms with Crippen molar-refractivity contribution in [2.24, 2.45) is 11.3 Å². The number of anilines is 1. The summed E-state index contributed by atoms with van der Waals surface area (Å²) < 4.78 is 18.0. The van der Waals surface area contributed by atoms with Crippen LogP contribution in [0.5, 0.6) is 23.0 Å². The smallest absolute Gasteiger partial charge is 0.319 e. The maximum Gasteiger partial charge on any atom is 0.319 e. The average Bonchev–Trinajstić information content (AvgIpc) is 2.96. The van der Waals surface area contributed by atoms with Crippen LogP contribution in [0.15, 0.2) is 48.7 Å². The third-order valence-corrected chi connectivity index (χ3v) is 7.33. The summed E-state index contributed by atoms with van der Waals surface area (Å²) in [5.74, 6) is 3.00. The topological polar surface area (TPSA) is 105 Å². The van der Waals surface area contributed by atoms with Crippen LogP contribution in [-0.2, 0) is 0 Å². The van der Waals surface area contributed by atoms with E-state index in [9.17, 15) is 9.90 Å². The van der Waals surface area contributed by atoms with Crippen LogP contribution in [0.4, 0.5) is 10.5 Å². The molecule has 0 bridgehead atoms. The van der Waals surface area contributed by atoms with Crippen molar-refractivity contribution < 1.29 is 24.1 Å². The Morgan fingerprint density at radius 3 is 2.51 bits per heavy atom. The predicted octanol–water partition coefficient (Wildman–Crippen LogP) is 6.07. The van der Waals surface area contributed by atoms with Crippen molar-refractivity contribution in [3.05, 3.63) is 48.7 Å². The van der Waals surface area contributed by atoms with E-state index >= 15 is 0 Å². The van der Waals surface area contributed by atoms with Gasteiger partial charge in [-0.1, -0.05) is 20.8 Å². The molecule has 1 aromatic heterocycles. The molecule has 1 saturated heterocycles. The third-order valence-electron chi connectivity index (χ3n) is 7.33. The van der Waals surface area contributed by atoms with Crippen LogP contribution in [0, 0.1) is 11.3 Å². The number of aliphatic hydroxyl groups excluding tert-OH is 1. The number of nitrogens with zero attached hydrogens (tertiary/aromatic N) is 2. The van der Waals surface area contributed by atoms with Gasteiger partial charge in [-0.2, -0.15) is 0 Å². The zero-order chi connectivity index (χ0) is 29.2. The van der Waals surface area contributed by atoms with Crippen LogP contribution in [0.25, 0.3) is 10.9 Å². The van der Waals surface area contributed by atoms with Gasteiger partial charge in [0.15, 0.2) is 11.5 Å². The molecule has 1 aliphatic heterocycles. The molecule has 0 atom stereocenters. The molecule has 3 aromatic rings. The lowest BCUT2D eigenvalue weighted by Gasteiger charge is -2.30. The van der Waals surface area contributed by atoms with Gasteiger partial charge in [-0.25, -0.2) is 4.79 Å². The number of benzene rings is 2. The van der Waals surface area contributed by atoms with Crippen LogP contribution >= 0.6 is 0 Å². The van der Waals surface area contributed by atoms with Crippen molar-refractivity contribution in [3.63, 3.8) is 0 Å². The first kappa shape index (κ1) is 30.4. The van der Waals surface area contributed by atoms with Crippen LogP contribution in [0.2, 0.25) is 0 Å². The molecule has 4 rings (SSSR count). The number of urea groups is 1. The lowest BCUT2D eigenvalue weighted by atomic mass is 9.92. The molecule has 0 unspecified atom stereocenters. The quantitative estimate of drug-likeness (QED) is 0.230. The Hall–Kier alpha value is -3.56. The lowest BCUT2D eigenvalue weighted by Crippen LogP contribution is -2.35. The Bertz CT molecular complexity index is 1270. The standard InChI is InChI=1S/C32H44N4O5/c1-32(2,3)13-15-34-31(38)35-24-6-8-25(9-7-24)41-28-10-14-33-27-21-29(39-4)30(20-26(27)28)40-19-5-16-36-17-11-23(22-37)12-18-36/h6-10,14,20-21,23,37H,5,11-13,15-19,22H2,1-4H3,(H2,34,35,38). The van der Waals surface area contributed by atoms with Crippen LogP contribution in [-0.4, -0.2) is 67.5 Å². The molecule has 0 aliphatic carbocycles. The number of likely N-dealkylation sites (tertiary alicyclic amines) is 1. The van der Waals surface area contributed by atoms with Crippen molar-refractivity contribution in [2.45, 2.75) is 46.5 Å². The molecular weight excluding hydrogens is 520 g/mol. The maximum atomic E-state index is 12.2. The number of piperidine rings is 1. The fraction of sp³-hybridized carbons (Fsp3) is 0.500. The number of fused-ring (bicyclic) bond motifs is 1. The molecule has 1 fully saturated rings. The summed E-state index contributed by atoms with van der Waals surface area (Å²) in [4.78, 5) is 19.1. The van der Waals surface area contributed by atoms with E-state index in [4.69, 9.17) is 14.2 Å². The molecule has 2 heterocycles. The van der Waals surface area contributed by atoms with Gasteiger partial charge in [0.05, 0.1) is 19.2 Å². The fourth-order valence-corrected chi connectivity index (χ4v) is 4.81. The SMILES string of the molecule is COc1cc2nccc(Oc3ccc(NC(=O)NCCC(C)(C)C)cc3)c2cc1OCCCN1CCC(CO)CC1. The number of aliphatic hydroxyl groups is 1. The highest BCUT2D eigenvalue weighted by atomic mass is 16.5. The lowest BCUT2D eigenvalue weighted by molar-refractivity contribution is 0.126. The summed E-state index contributed by atoms with van der Waals surface area (Å²) in [5.41, 5.74) is 1.59. The van der Waals surface area contributed by atoms with Crippen molar-refractivity contribution in [2.75, 3.05) is 51.8 Å². The number of methoxy groups -OCH3 is 1. The Kier molecular flexibility index (Phi) is 10.7. The van der Waals surface area contributed by atoms with Gasteiger partial charge in [0.2, 0.25) is 0 Å². The number of ether oxygens (including phenoxy) is 3. The van der Waals surface area contributed by atoms with E-state index in [0.29, 0.717) is 54.4 Å². The third kappa shape index (κ3) is 9.23. The minimum atomic E-state index is -0.226. The number of rotatable bonds is 12. The van der Waals surface area contributed by atoms with Crippen molar-refractivity contribution in [1.29, 1.82) is 0 Å². The summed E-state index contributed by atoms with van der Waals surface area (Å²) in [6.45, 7) is 10.9. The first-order valence-corrected chi connectivity index (χ1v) is 14.5. The molecule has 2 aromatic carbocycles. The molecule has 9 heteroatoms. The Morgan fingerprint density at radius 1 is 1.07 bits per heavy atom. The minimum Gasteiger partial charge on any atom is -0.493 e. The van der Waals surface area contributed by atoms with E-state index < -0.39 is 0 Å². The molecule has 9 nitrogen and oxygen atoms in total. The molecule has 1 aliphatic rings. The van der Waals surface area contributed by atoms with E-state index in [1.165, 1.54) is 0 Å². The highest BCUT2D eigenvalue weighted by Crippen LogP contribution is 2.37. The molecule has 2 amide bonds. The van der Waals surface area contributed by atoms with Crippen LogP contribution in [0.3, 0.4) is 0 Å². The van der Waals surface area contributed by atoms with Gasteiger partial charge in [0.1, 0.15) is 11.5 Å². The Morgan fingerprint density at radius 2 is 1.83 bits per heavy atom. The first-order chi connectivity index (χ1) is 19.7. The zero-order valence-corrected chi connectivity index (χ0v) is 24.7. The molecule has 3 N–H and O–H groups in total. The molecular formula is C32H44N4O5. The molecule has 0 spiro atoms. The monoisotopic (exact) mass is 564 g/mol. The number of hydrogen-bond donors (Lipinski definition) is 3. The average molecular weight is 565 g/mol. The number of nitrogens with one attached hydrogen (secondary N) is 2. The summed E-state index contributed by atoms with van der Waals surface area (Å²) in [5, 5.41) is 15.9. The number of hydrogen-bond acceptors (Lipinski definition) is 7. The van der Waals surface area contributed by atoms with Crippen molar-refractivity contribution >= 4 is 22.6 Å². The number of aromatic nitrogens is 1. The van der Waals surface area contributed by atoms with E-state index in [0.717, 1.165) is 56.2 Å². The number of pyridine rings is 1. The van der Waals surface area contributed by atoms with Gasteiger partial charge in [0, 0.05) is 43.0 Å². The largest absolute Gasteiger partial charge is 0.493 e. The highest BCUT2D eigenvalue weighted by molar-refractivity contribution is 5.89. The molecule has 0 radical (unpaired) electrons. The maximum absolute atomic E-state index is 12.2. The van der Waals surface area contributed by atoms with Gasteiger partial charge in [-0.3, -0.25) is 4.98 Å². The normalized spacial score (nSPS) is 14.6. The van der Waals surface area contributed by atoms with Gasteiger partial charge in [-0.05, 0) is 86.5 Å². The summed E-state index contributed by atoms with van der Waals surface area (Å²) in [6, 6.07) is 12.6. The molecule has 222 valence electrons. The van der Waals surface area contributed by atoms with Crippen molar-refractivity contribution in [3.8, 4) is 23.0 Å². The second-order valence-electron chi connectivity index (χ2n) is 11.8. The van der Waals surface area contributed by atoms with E-state index in [1.54, 1.807) is 13.3 Å². The van der Waals surface area contributed by atoms with Crippen LogP contribution < -0.4 is 24.8 Å². The first-order valence-electron chi connectivity index (χ1n) is 14.5. The van der Waals surface area contributed by atoms with Crippen LogP contribution in [0.1, 0.15) is 46.5 Å². The minimum absolute atomic E-state index is 0.167. The number of carbonyl (C=O) groups is 1. The Labute approximate surface area is 243 Å². The molecule has 41 heavy (non-hydrogen) atoms. The second-order valence-corrected chi connectivity index (χ2v) is 11.8. The number of amides is 2. The van der Waals surface area contributed by atoms with Gasteiger partial charge < -0.3 is 34.9 Å². The van der Waals surface area contributed by atoms with E-state index in [1.807, 2.05) is 42.5 Å². The fourth-order valence-electron chi connectivity index (χ4n) is 4.81. The summed E-state index contributed by atoms with van der Waals surface area (Å²) in [7, 11) is 1.63. The summed E-state index contributed by atoms with van der Waals surface area (Å²) >= 11 is 0. The van der Waals surface area contributed by atoms with Gasteiger partial charge in [-0.15, -0.1) is 0 Å². The van der Waals surface area contributed by atoms with E-state index in [2.05, 4.69) is 41.3 Å². The summed E-state index contributed by atoms with van der Waals surface area (Å²) in [6.07, 6.45) is 5.61. The zero-order valence-electron chi connectivity index (χ0n) is 24.7. The predicted molar refractivity (Wildman–Crippen MR) is 162 cm³/mol. The highest BCUT2D eigenvalue weighted by Gasteiger charge is 2.18. The van der Waals surface area contributed by atoms with Crippen molar-refractivity contribution in [1.82, 2.24) is 15.2 Å².